The van der Waals surface area contributed by atoms with Crippen LogP contribution in [-0.2, 0) is 4.79 Å². The van der Waals surface area contributed by atoms with Crippen LogP contribution in [0.25, 0.3) is 0 Å². The van der Waals surface area contributed by atoms with Crippen molar-refractivity contribution < 1.29 is 18.0 Å². The summed E-state index contributed by atoms with van der Waals surface area (Å²) in [5, 5.41) is 2.39. The molecule has 0 aliphatic rings. The molecule has 1 aromatic carbocycles. The molecule has 0 saturated carbocycles. The van der Waals surface area contributed by atoms with E-state index in [1.165, 1.54) is 31.2 Å². The Morgan fingerprint density at radius 2 is 2.06 bits per heavy atom. The molecule has 3 nitrogen and oxygen atoms in total. The van der Waals surface area contributed by atoms with Crippen LogP contribution in [0.2, 0.25) is 0 Å². The Labute approximate surface area is 90.4 Å². The molecule has 1 aromatic rings. The van der Waals surface area contributed by atoms with Gasteiger partial charge in [0.25, 0.3) is 0 Å². The largest absolute Gasteiger partial charge is 0.407 e. The number of carbonyl (C=O) groups excluding carboxylic acids is 1. The molecule has 0 aliphatic carbocycles. The SMILES string of the molecule is CC(=O)Nc1cccc([C@H](N)C(F)(F)F)c1. The summed E-state index contributed by atoms with van der Waals surface area (Å²) in [6.45, 7) is 1.27. The number of amides is 1. The van der Waals surface area contributed by atoms with Crippen molar-refractivity contribution in [2.45, 2.75) is 19.1 Å². The molecular formula is C10H11F3N2O. The van der Waals surface area contributed by atoms with Crippen molar-refractivity contribution in [1.29, 1.82) is 0 Å². The summed E-state index contributed by atoms with van der Waals surface area (Å²) >= 11 is 0. The molecule has 0 heterocycles. The predicted molar refractivity (Wildman–Crippen MR) is 53.7 cm³/mol. The first kappa shape index (κ1) is 12.5. The van der Waals surface area contributed by atoms with Crippen molar-refractivity contribution in [2.24, 2.45) is 5.73 Å². The van der Waals surface area contributed by atoms with E-state index in [1.54, 1.807) is 0 Å². The molecule has 1 rings (SSSR count). The Morgan fingerprint density at radius 1 is 1.44 bits per heavy atom. The lowest BCUT2D eigenvalue weighted by molar-refractivity contribution is -0.149. The Bertz CT molecular complexity index is 390. The summed E-state index contributed by atoms with van der Waals surface area (Å²) in [4.78, 5) is 10.7. The standard InChI is InChI=1S/C10H11F3N2O/c1-6(16)15-8-4-2-3-7(5-8)9(14)10(11,12)13/h2-5,9H,14H2,1H3,(H,15,16)/t9-/m0/s1. The van der Waals surface area contributed by atoms with Crippen molar-refractivity contribution in [2.75, 3.05) is 5.32 Å². The number of halogens is 3. The first-order chi connectivity index (χ1) is 7.30. The van der Waals surface area contributed by atoms with Gasteiger partial charge in [0.05, 0.1) is 0 Å². The van der Waals surface area contributed by atoms with Crippen LogP contribution in [0.5, 0.6) is 0 Å². The fraction of sp³-hybridized carbons (Fsp3) is 0.300. The van der Waals surface area contributed by atoms with Crippen molar-refractivity contribution in [1.82, 2.24) is 0 Å². The maximum Gasteiger partial charge on any atom is 0.407 e. The molecule has 0 aromatic heterocycles. The van der Waals surface area contributed by atoms with Crippen LogP contribution in [0.3, 0.4) is 0 Å². The van der Waals surface area contributed by atoms with Gasteiger partial charge < -0.3 is 11.1 Å². The minimum Gasteiger partial charge on any atom is -0.326 e. The molecule has 16 heavy (non-hydrogen) atoms. The van der Waals surface area contributed by atoms with Gasteiger partial charge in [-0.25, -0.2) is 0 Å². The third-order valence-electron chi connectivity index (χ3n) is 1.92. The molecule has 1 amide bonds. The molecule has 6 heteroatoms. The minimum absolute atomic E-state index is 0.0845. The van der Waals surface area contributed by atoms with E-state index in [4.69, 9.17) is 5.73 Å². The summed E-state index contributed by atoms with van der Waals surface area (Å²) in [6, 6.07) is 3.34. The van der Waals surface area contributed by atoms with Gasteiger partial charge in [0, 0.05) is 12.6 Å². The van der Waals surface area contributed by atoms with E-state index in [2.05, 4.69) is 5.32 Å². The fourth-order valence-corrected chi connectivity index (χ4v) is 1.20. The molecule has 0 unspecified atom stereocenters. The van der Waals surface area contributed by atoms with Gasteiger partial charge in [-0.1, -0.05) is 12.1 Å². The third-order valence-corrected chi connectivity index (χ3v) is 1.92. The van der Waals surface area contributed by atoms with Crippen LogP contribution in [-0.4, -0.2) is 12.1 Å². The number of hydrogen-bond acceptors (Lipinski definition) is 2. The highest BCUT2D eigenvalue weighted by molar-refractivity contribution is 5.88. The van der Waals surface area contributed by atoms with E-state index in [0.29, 0.717) is 5.69 Å². The summed E-state index contributed by atoms with van der Waals surface area (Å²) in [7, 11) is 0. The van der Waals surface area contributed by atoms with Gasteiger partial charge in [-0.2, -0.15) is 13.2 Å². The van der Waals surface area contributed by atoms with Crippen LogP contribution in [0.4, 0.5) is 18.9 Å². The Balaban J connectivity index is 2.94. The van der Waals surface area contributed by atoms with Crippen LogP contribution in [0, 0.1) is 0 Å². The summed E-state index contributed by atoms with van der Waals surface area (Å²) in [5.74, 6) is -0.349. The van der Waals surface area contributed by atoms with Crippen LogP contribution in [0.1, 0.15) is 18.5 Å². The molecule has 0 saturated heterocycles. The minimum atomic E-state index is -4.49. The molecule has 0 fully saturated rings. The number of hydrogen-bond donors (Lipinski definition) is 2. The zero-order valence-electron chi connectivity index (χ0n) is 8.51. The van der Waals surface area contributed by atoms with E-state index in [-0.39, 0.29) is 11.5 Å². The Kier molecular flexibility index (Phi) is 3.54. The van der Waals surface area contributed by atoms with Crippen molar-refractivity contribution >= 4 is 11.6 Å². The van der Waals surface area contributed by atoms with Gasteiger partial charge in [0.15, 0.2) is 0 Å². The summed E-state index contributed by atoms with van der Waals surface area (Å²) < 4.78 is 37.0. The fourth-order valence-electron chi connectivity index (χ4n) is 1.20. The van der Waals surface area contributed by atoms with E-state index in [1.807, 2.05) is 0 Å². The average Bonchev–Trinajstić information content (AvgIpc) is 2.14. The monoisotopic (exact) mass is 232 g/mol. The van der Waals surface area contributed by atoms with E-state index >= 15 is 0 Å². The smallest absolute Gasteiger partial charge is 0.326 e. The zero-order valence-corrected chi connectivity index (χ0v) is 8.51. The van der Waals surface area contributed by atoms with Gasteiger partial charge in [-0.3, -0.25) is 4.79 Å². The number of anilines is 1. The molecule has 88 valence electrons. The number of nitrogens with one attached hydrogen (secondary N) is 1. The van der Waals surface area contributed by atoms with Crippen molar-refractivity contribution in [3.63, 3.8) is 0 Å². The Morgan fingerprint density at radius 3 is 2.56 bits per heavy atom. The Hall–Kier alpha value is -1.56. The first-order valence-corrected chi connectivity index (χ1v) is 4.50. The van der Waals surface area contributed by atoms with Gasteiger partial charge >= 0.3 is 6.18 Å². The lowest BCUT2D eigenvalue weighted by atomic mass is 10.1. The second-order valence-corrected chi connectivity index (χ2v) is 3.33. The number of carbonyl (C=O) groups is 1. The van der Waals surface area contributed by atoms with Crippen molar-refractivity contribution in [3.05, 3.63) is 29.8 Å². The summed E-state index contributed by atoms with van der Waals surface area (Å²) in [5.41, 5.74) is 5.25. The normalized spacial score (nSPS) is 13.3. The molecule has 1 atom stereocenters. The number of benzene rings is 1. The van der Waals surface area contributed by atoms with Crippen molar-refractivity contribution in [3.8, 4) is 0 Å². The van der Waals surface area contributed by atoms with Crippen LogP contribution in [0.15, 0.2) is 24.3 Å². The highest BCUT2D eigenvalue weighted by atomic mass is 19.4. The molecule has 3 N–H and O–H groups in total. The average molecular weight is 232 g/mol. The van der Waals surface area contributed by atoms with Crippen LogP contribution >= 0.6 is 0 Å². The highest BCUT2D eigenvalue weighted by Gasteiger charge is 2.37. The zero-order chi connectivity index (χ0) is 12.3. The number of nitrogens with two attached hydrogens (primary N) is 1. The van der Waals surface area contributed by atoms with E-state index in [9.17, 15) is 18.0 Å². The second-order valence-electron chi connectivity index (χ2n) is 3.33. The lowest BCUT2D eigenvalue weighted by Crippen LogP contribution is -2.28. The first-order valence-electron chi connectivity index (χ1n) is 4.50. The second kappa shape index (κ2) is 4.52. The lowest BCUT2D eigenvalue weighted by Gasteiger charge is -2.16. The van der Waals surface area contributed by atoms with Gasteiger partial charge in [0.1, 0.15) is 6.04 Å². The number of rotatable bonds is 2. The van der Waals surface area contributed by atoms with Gasteiger partial charge in [-0.15, -0.1) is 0 Å². The van der Waals surface area contributed by atoms with E-state index < -0.39 is 12.2 Å². The maximum absolute atomic E-state index is 12.3. The van der Waals surface area contributed by atoms with Gasteiger partial charge in [-0.05, 0) is 17.7 Å². The quantitative estimate of drug-likeness (QED) is 0.821. The summed E-state index contributed by atoms with van der Waals surface area (Å²) in [6.07, 6.45) is -4.49. The third kappa shape index (κ3) is 3.23. The molecule has 0 spiro atoms. The highest BCUT2D eigenvalue weighted by Crippen LogP contribution is 2.31. The molecule has 0 bridgehead atoms. The van der Waals surface area contributed by atoms with Crippen LogP contribution < -0.4 is 11.1 Å². The molecule has 0 aliphatic heterocycles. The molecular weight excluding hydrogens is 221 g/mol. The number of alkyl halides is 3. The maximum atomic E-state index is 12.3. The van der Waals surface area contributed by atoms with E-state index in [0.717, 1.165) is 0 Å². The molecule has 0 radical (unpaired) electrons. The predicted octanol–water partition coefficient (Wildman–Crippen LogP) is 2.21. The topological polar surface area (TPSA) is 55.1 Å². The van der Waals surface area contributed by atoms with Gasteiger partial charge in [0.2, 0.25) is 5.91 Å².